The number of hydrogen-bond acceptors (Lipinski definition) is 9. The lowest BCUT2D eigenvalue weighted by Gasteiger charge is -2.24. The predicted octanol–water partition coefficient (Wildman–Crippen LogP) is 5.92. The molecule has 14 heteroatoms. The summed E-state index contributed by atoms with van der Waals surface area (Å²) in [5.41, 5.74) is -0.571. The second-order valence-electron chi connectivity index (χ2n) is 9.89. The van der Waals surface area contributed by atoms with Crippen molar-refractivity contribution in [1.29, 1.82) is 0 Å². The van der Waals surface area contributed by atoms with E-state index in [4.69, 9.17) is 14.2 Å². The Bertz CT molecular complexity index is 2040. The van der Waals surface area contributed by atoms with E-state index in [-0.39, 0.29) is 30.3 Å². The molecule has 0 aliphatic carbocycles. The van der Waals surface area contributed by atoms with Crippen molar-refractivity contribution in [2.24, 2.45) is 4.99 Å². The van der Waals surface area contributed by atoms with Crippen molar-refractivity contribution in [1.82, 2.24) is 4.57 Å². The molecule has 0 spiro atoms. The predicted molar refractivity (Wildman–Crippen MR) is 163 cm³/mol. The van der Waals surface area contributed by atoms with Crippen LogP contribution in [0.1, 0.15) is 43.5 Å². The summed E-state index contributed by atoms with van der Waals surface area (Å²) in [6.07, 6.45) is -3.18. The van der Waals surface area contributed by atoms with Gasteiger partial charge in [-0.1, -0.05) is 47.7 Å². The molecule has 10 nitrogen and oxygen atoms in total. The van der Waals surface area contributed by atoms with E-state index in [2.05, 4.69) is 4.99 Å². The molecule has 0 fully saturated rings. The molecule has 46 heavy (non-hydrogen) atoms. The molecule has 1 aromatic heterocycles. The number of allylic oxidation sites excluding steroid dienone is 1. The van der Waals surface area contributed by atoms with Crippen LogP contribution >= 0.6 is 11.3 Å². The molecule has 0 saturated heterocycles. The third-order valence-electron chi connectivity index (χ3n) is 6.90. The number of nitro groups is 1. The summed E-state index contributed by atoms with van der Waals surface area (Å²) in [6, 6.07) is 14.8. The van der Waals surface area contributed by atoms with Crippen LogP contribution < -0.4 is 24.4 Å². The van der Waals surface area contributed by atoms with Gasteiger partial charge in [0.2, 0.25) is 5.75 Å². The number of aromatic nitrogens is 1. The minimum Gasteiger partial charge on any atom is -0.490 e. The number of alkyl halides is 3. The molecule has 0 saturated carbocycles. The van der Waals surface area contributed by atoms with Gasteiger partial charge in [0.1, 0.15) is 0 Å². The monoisotopic (exact) mass is 653 g/mol. The van der Waals surface area contributed by atoms with Gasteiger partial charge >= 0.3 is 17.8 Å². The SMILES string of the molecule is CCOC(=O)C1=C(C)N=c2s/c(=C/c3ccc(Oc4ccc(C(F)(F)F)cc4[N+](=O)[O-])c(OCC)c3)c(=O)n2[C@H]1c1ccccc1. The molecule has 238 valence electrons. The normalized spacial score (nSPS) is 14.8. The van der Waals surface area contributed by atoms with Gasteiger partial charge in [-0.05, 0) is 62.2 Å². The highest BCUT2D eigenvalue weighted by molar-refractivity contribution is 7.07. The maximum absolute atomic E-state index is 13.9. The van der Waals surface area contributed by atoms with Gasteiger partial charge in [0.25, 0.3) is 5.56 Å². The van der Waals surface area contributed by atoms with Crippen LogP contribution in [0, 0.1) is 10.1 Å². The van der Waals surface area contributed by atoms with Crippen molar-refractivity contribution < 1.29 is 37.1 Å². The quantitative estimate of drug-likeness (QED) is 0.125. The standard InChI is InChI=1S/C32H26F3N3O7S/c1-4-43-25-15-19(11-13-24(25)45-23-14-12-21(32(33,34)35)17-22(23)38(41)42)16-26-29(39)37-28(20-9-7-6-8-10-20)27(30(40)44-5-2)18(3)36-31(37)46-26/h6-17,28H,4-5H2,1-3H3/b26-16+/t28-/m0/s1. The van der Waals surface area contributed by atoms with E-state index in [1.54, 1.807) is 32.9 Å². The highest BCUT2D eigenvalue weighted by Crippen LogP contribution is 2.40. The molecule has 0 N–H and O–H groups in total. The third-order valence-corrected chi connectivity index (χ3v) is 7.88. The zero-order valence-corrected chi connectivity index (χ0v) is 25.5. The molecule has 0 unspecified atom stereocenters. The van der Waals surface area contributed by atoms with Crippen LogP contribution in [0.15, 0.2) is 87.8 Å². The summed E-state index contributed by atoms with van der Waals surface area (Å²) >= 11 is 1.12. The lowest BCUT2D eigenvalue weighted by Crippen LogP contribution is -2.39. The number of rotatable bonds is 9. The molecule has 5 rings (SSSR count). The van der Waals surface area contributed by atoms with Crippen molar-refractivity contribution in [3.8, 4) is 17.2 Å². The minimum absolute atomic E-state index is 0.0158. The maximum atomic E-state index is 13.9. The lowest BCUT2D eigenvalue weighted by molar-refractivity contribution is -0.385. The van der Waals surface area contributed by atoms with Crippen molar-refractivity contribution in [2.45, 2.75) is 33.0 Å². The summed E-state index contributed by atoms with van der Waals surface area (Å²) in [4.78, 5) is 42.4. The molecular weight excluding hydrogens is 627 g/mol. The lowest BCUT2D eigenvalue weighted by atomic mass is 9.96. The fourth-order valence-electron chi connectivity index (χ4n) is 4.90. The second kappa shape index (κ2) is 13.0. The number of fused-ring (bicyclic) bond motifs is 1. The molecular formula is C32H26F3N3O7S. The molecule has 2 heterocycles. The number of halogens is 3. The summed E-state index contributed by atoms with van der Waals surface area (Å²) in [7, 11) is 0. The van der Waals surface area contributed by atoms with Crippen molar-refractivity contribution in [3.05, 3.63) is 124 Å². The molecule has 1 atom stereocenters. The van der Waals surface area contributed by atoms with Crippen molar-refractivity contribution in [2.75, 3.05) is 13.2 Å². The van der Waals surface area contributed by atoms with Crippen LogP contribution in [-0.4, -0.2) is 28.7 Å². The molecule has 1 aliphatic rings. The van der Waals surface area contributed by atoms with E-state index < -0.39 is 45.7 Å². The van der Waals surface area contributed by atoms with Crippen LogP contribution in [0.4, 0.5) is 18.9 Å². The Kier molecular flexibility index (Phi) is 9.10. The van der Waals surface area contributed by atoms with Gasteiger partial charge in [0.15, 0.2) is 16.3 Å². The van der Waals surface area contributed by atoms with Crippen molar-refractivity contribution >= 4 is 29.1 Å². The summed E-state index contributed by atoms with van der Waals surface area (Å²) in [6.45, 7) is 5.40. The molecule has 0 amide bonds. The summed E-state index contributed by atoms with van der Waals surface area (Å²) < 4.78 is 57.9. The van der Waals surface area contributed by atoms with Crippen LogP contribution in [-0.2, 0) is 15.7 Å². The Morgan fingerprint density at radius 3 is 2.41 bits per heavy atom. The van der Waals surface area contributed by atoms with Gasteiger partial charge in [-0.2, -0.15) is 13.2 Å². The second-order valence-corrected chi connectivity index (χ2v) is 10.9. The Labute approximate surface area is 263 Å². The zero-order valence-electron chi connectivity index (χ0n) is 24.7. The number of benzene rings is 3. The third kappa shape index (κ3) is 6.42. The molecule has 0 radical (unpaired) electrons. The van der Waals surface area contributed by atoms with Gasteiger partial charge in [0, 0.05) is 6.07 Å². The van der Waals surface area contributed by atoms with E-state index in [1.807, 2.05) is 30.3 Å². The number of esters is 1. The van der Waals surface area contributed by atoms with E-state index in [9.17, 15) is 32.9 Å². The number of nitrogens with zero attached hydrogens (tertiary/aromatic N) is 3. The van der Waals surface area contributed by atoms with E-state index in [1.165, 1.54) is 16.7 Å². The first-order valence-electron chi connectivity index (χ1n) is 14.0. The van der Waals surface area contributed by atoms with E-state index >= 15 is 0 Å². The van der Waals surface area contributed by atoms with Crippen LogP contribution in [0.5, 0.6) is 17.2 Å². The Morgan fingerprint density at radius 1 is 1.04 bits per heavy atom. The number of hydrogen-bond donors (Lipinski definition) is 0. The Balaban J connectivity index is 1.57. The van der Waals surface area contributed by atoms with Gasteiger partial charge < -0.3 is 14.2 Å². The number of nitro benzene ring substituents is 1. The van der Waals surface area contributed by atoms with E-state index in [0.717, 1.165) is 17.4 Å². The van der Waals surface area contributed by atoms with Gasteiger partial charge in [-0.25, -0.2) is 9.79 Å². The number of carbonyl (C=O) groups is 1. The average Bonchev–Trinajstić information content (AvgIpc) is 3.31. The first-order valence-corrected chi connectivity index (χ1v) is 14.8. The highest BCUT2D eigenvalue weighted by atomic mass is 32.1. The number of thiazole rings is 1. The largest absolute Gasteiger partial charge is 0.490 e. The topological polar surface area (TPSA) is 122 Å². The summed E-state index contributed by atoms with van der Waals surface area (Å²) in [5, 5.41) is 11.6. The number of carbonyl (C=O) groups excluding carboxylic acids is 1. The molecule has 0 bridgehead atoms. The zero-order chi connectivity index (χ0) is 33.2. The first-order chi connectivity index (χ1) is 21.9. The van der Waals surface area contributed by atoms with Gasteiger partial charge in [0.05, 0.1) is 45.5 Å². The molecule has 1 aliphatic heterocycles. The summed E-state index contributed by atoms with van der Waals surface area (Å²) in [5.74, 6) is -0.825. The molecule has 3 aromatic carbocycles. The van der Waals surface area contributed by atoms with Crippen LogP contribution in [0.25, 0.3) is 6.08 Å². The van der Waals surface area contributed by atoms with E-state index in [0.29, 0.717) is 38.3 Å². The van der Waals surface area contributed by atoms with Gasteiger partial charge in [-0.15, -0.1) is 0 Å². The Morgan fingerprint density at radius 2 is 1.76 bits per heavy atom. The average molecular weight is 654 g/mol. The maximum Gasteiger partial charge on any atom is 0.416 e. The fourth-order valence-corrected chi connectivity index (χ4v) is 5.95. The first kappa shape index (κ1) is 32.2. The molecule has 4 aromatic rings. The highest BCUT2D eigenvalue weighted by Gasteiger charge is 2.34. The smallest absolute Gasteiger partial charge is 0.416 e. The van der Waals surface area contributed by atoms with Crippen molar-refractivity contribution in [3.63, 3.8) is 0 Å². The minimum atomic E-state index is -4.78. The fraction of sp³-hybridized carbons (Fsp3) is 0.219. The Hall–Kier alpha value is -5.24. The van der Waals surface area contributed by atoms with Crippen LogP contribution in [0.2, 0.25) is 0 Å². The van der Waals surface area contributed by atoms with Gasteiger partial charge in [-0.3, -0.25) is 19.5 Å². The van der Waals surface area contributed by atoms with Crippen LogP contribution in [0.3, 0.4) is 0 Å². The number of ether oxygens (including phenoxy) is 3.